The molecule has 2 heterocycles. The first-order valence-electron chi connectivity index (χ1n) is 6.82. The molecule has 2 aromatic heterocycles. The predicted octanol–water partition coefficient (Wildman–Crippen LogP) is 4.10. The van der Waals surface area contributed by atoms with Crippen LogP contribution in [0.5, 0.6) is 0 Å². The molecule has 1 aliphatic rings. The smallest absolute Gasteiger partial charge is 0.191 e. The van der Waals surface area contributed by atoms with Gasteiger partial charge in [-0.05, 0) is 19.3 Å². The van der Waals surface area contributed by atoms with E-state index in [0.29, 0.717) is 11.2 Å². The van der Waals surface area contributed by atoms with E-state index in [1.54, 1.807) is 11.8 Å². The Morgan fingerprint density at radius 1 is 1.37 bits per heavy atom. The summed E-state index contributed by atoms with van der Waals surface area (Å²) in [5.41, 5.74) is 1.62. The van der Waals surface area contributed by atoms with Crippen molar-refractivity contribution in [3.05, 3.63) is 11.5 Å². The van der Waals surface area contributed by atoms with Crippen molar-refractivity contribution in [2.24, 2.45) is 0 Å². The van der Waals surface area contributed by atoms with Gasteiger partial charge in [0, 0.05) is 11.8 Å². The molecule has 0 saturated heterocycles. The first kappa shape index (κ1) is 13.2. The number of nitrogens with zero attached hydrogens (tertiary/aromatic N) is 4. The summed E-state index contributed by atoms with van der Waals surface area (Å²) in [5, 5.41) is 1.24. The van der Waals surface area contributed by atoms with Gasteiger partial charge in [-0.2, -0.15) is 0 Å². The van der Waals surface area contributed by atoms with Gasteiger partial charge in [0.1, 0.15) is 5.52 Å². The van der Waals surface area contributed by atoms with E-state index < -0.39 is 0 Å². The third-order valence-electron chi connectivity index (χ3n) is 3.51. The summed E-state index contributed by atoms with van der Waals surface area (Å²) in [7, 11) is 0. The SMILES string of the molecule is CCCSc1nc(Cl)c2ncn(C3CCCC3)c2n1. The molecule has 6 heteroatoms. The molecule has 0 amide bonds. The minimum atomic E-state index is 0.473. The molecule has 1 saturated carbocycles. The molecule has 0 atom stereocenters. The maximum atomic E-state index is 6.22. The predicted molar refractivity (Wildman–Crippen MR) is 78.9 cm³/mol. The first-order chi connectivity index (χ1) is 9.29. The average Bonchev–Trinajstić information content (AvgIpc) is 3.04. The molecule has 0 radical (unpaired) electrons. The molecule has 0 spiro atoms. The standard InChI is InChI=1S/C13H17ClN4S/c1-2-7-19-13-16-11(14)10-12(17-13)18(8-15-10)9-5-3-4-6-9/h8-9H,2-7H2,1H3. The lowest BCUT2D eigenvalue weighted by Crippen LogP contribution is -2.04. The highest BCUT2D eigenvalue weighted by Crippen LogP contribution is 2.33. The van der Waals surface area contributed by atoms with Crippen molar-refractivity contribution < 1.29 is 0 Å². The van der Waals surface area contributed by atoms with Crippen LogP contribution in [0.3, 0.4) is 0 Å². The molecule has 2 aromatic rings. The van der Waals surface area contributed by atoms with Crippen molar-refractivity contribution in [3.63, 3.8) is 0 Å². The molecule has 4 nitrogen and oxygen atoms in total. The Kier molecular flexibility index (Phi) is 3.93. The van der Waals surface area contributed by atoms with E-state index in [4.69, 9.17) is 11.6 Å². The Labute approximate surface area is 122 Å². The van der Waals surface area contributed by atoms with Gasteiger partial charge >= 0.3 is 0 Å². The van der Waals surface area contributed by atoms with E-state index in [1.165, 1.54) is 25.7 Å². The monoisotopic (exact) mass is 296 g/mol. The van der Waals surface area contributed by atoms with Gasteiger partial charge in [-0.3, -0.25) is 0 Å². The lowest BCUT2D eigenvalue weighted by Gasteiger charge is -2.11. The molecule has 1 fully saturated rings. The third kappa shape index (κ3) is 2.58. The first-order valence-corrected chi connectivity index (χ1v) is 8.19. The number of thioether (sulfide) groups is 1. The second-order valence-corrected chi connectivity index (χ2v) is 6.33. The summed E-state index contributed by atoms with van der Waals surface area (Å²) in [6.45, 7) is 2.15. The molecular weight excluding hydrogens is 280 g/mol. The topological polar surface area (TPSA) is 43.6 Å². The van der Waals surface area contributed by atoms with Crippen LogP contribution in [0.25, 0.3) is 11.2 Å². The van der Waals surface area contributed by atoms with Gasteiger partial charge in [0.05, 0.1) is 6.33 Å². The van der Waals surface area contributed by atoms with Crippen LogP contribution in [-0.2, 0) is 0 Å². The molecule has 0 aromatic carbocycles. The Bertz CT molecular complexity index is 577. The molecule has 19 heavy (non-hydrogen) atoms. The van der Waals surface area contributed by atoms with E-state index in [1.807, 2.05) is 6.33 Å². The zero-order valence-electron chi connectivity index (χ0n) is 11.0. The number of rotatable bonds is 4. The fourth-order valence-electron chi connectivity index (χ4n) is 2.57. The van der Waals surface area contributed by atoms with Crippen LogP contribution in [-0.4, -0.2) is 25.3 Å². The number of hydrogen-bond acceptors (Lipinski definition) is 4. The van der Waals surface area contributed by atoms with Crippen LogP contribution < -0.4 is 0 Å². The number of hydrogen-bond donors (Lipinski definition) is 0. The van der Waals surface area contributed by atoms with Crippen molar-refractivity contribution in [1.29, 1.82) is 0 Å². The lowest BCUT2D eigenvalue weighted by atomic mass is 10.2. The van der Waals surface area contributed by atoms with Gasteiger partial charge in [0.2, 0.25) is 0 Å². The highest BCUT2D eigenvalue weighted by molar-refractivity contribution is 7.99. The normalized spacial score (nSPS) is 16.5. The number of halogens is 1. The quantitative estimate of drug-likeness (QED) is 0.484. The third-order valence-corrected chi connectivity index (χ3v) is 4.83. The highest BCUT2D eigenvalue weighted by atomic mass is 35.5. The van der Waals surface area contributed by atoms with E-state index in [0.717, 1.165) is 28.5 Å². The summed E-state index contributed by atoms with van der Waals surface area (Å²) >= 11 is 7.88. The van der Waals surface area contributed by atoms with Crippen LogP contribution >= 0.6 is 23.4 Å². The largest absolute Gasteiger partial charge is 0.312 e. The van der Waals surface area contributed by atoms with E-state index in [9.17, 15) is 0 Å². The van der Waals surface area contributed by atoms with Crippen LogP contribution in [0.15, 0.2) is 11.5 Å². The summed E-state index contributed by atoms with van der Waals surface area (Å²) in [6, 6.07) is 0.528. The molecule has 0 bridgehead atoms. The van der Waals surface area contributed by atoms with Crippen LogP contribution in [0.1, 0.15) is 45.1 Å². The van der Waals surface area contributed by atoms with Gasteiger partial charge in [0.15, 0.2) is 16.0 Å². The zero-order valence-corrected chi connectivity index (χ0v) is 12.5. The summed E-state index contributed by atoms with van der Waals surface area (Å²) in [5.74, 6) is 1.01. The van der Waals surface area contributed by atoms with Crippen LogP contribution in [0.4, 0.5) is 0 Å². The van der Waals surface area contributed by atoms with Gasteiger partial charge < -0.3 is 4.57 Å². The number of fused-ring (bicyclic) bond motifs is 1. The molecule has 1 aliphatic carbocycles. The fraction of sp³-hybridized carbons (Fsp3) is 0.615. The Morgan fingerprint density at radius 2 is 2.16 bits per heavy atom. The Hall–Kier alpha value is -0.810. The maximum absolute atomic E-state index is 6.22. The number of aromatic nitrogens is 4. The minimum Gasteiger partial charge on any atom is -0.312 e. The van der Waals surface area contributed by atoms with E-state index in [-0.39, 0.29) is 0 Å². The maximum Gasteiger partial charge on any atom is 0.191 e. The van der Waals surface area contributed by atoms with Crippen molar-refractivity contribution >= 4 is 34.5 Å². The van der Waals surface area contributed by atoms with Gasteiger partial charge in [-0.1, -0.05) is 43.1 Å². The lowest BCUT2D eigenvalue weighted by molar-refractivity contribution is 0.527. The van der Waals surface area contributed by atoms with Crippen LogP contribution in [0, 0.1) is 0 Å². The molecule has 0 N–H and O–H groups in total. The molecule has 102 valence electrons. The van der Waals surface area contributed by atoms with Crippen molar-refractivity contribution in [1.82, 2.24) is 19.5 Å². The van der Waals surface area contributed by atoms with Crippen LogP contribution in [0.2, 0.25) is 5.15 Å². The van der Waals surface area contributed by atoms with Gasteiger partial charge in [-0.15, -0.1) is 0 Å². The summed E-state index contributed by atoms with van der Waals surface area (Å²) in [6.07, 6.45) is 7.98. The second-order valence-electron chi connectivity index (χ2n) is 4.91. The van der Waals surface area contributed by atoms with Gasteiger partial charge in [0.25, 0.3) is 0 Å². The minimum absolute atomic E-state index is 0.473. The molecule has 0 unspecified atom stereocenters. The highest BCUT2D eigenvalue weighted by Gasteiger charge is 2.21. The van der Waals surface area contributed by atoms with Gasteiger partial charge in [-0.25, -0.2) is 15.0 Å². The fourth-order valence-corrected chi connectivity index (χ4v) is 3.53. The summed E-state index contributed by atoms with van der Waals surface area (Å²) in [4.78, 5) is 13.3. The molecule has 0 aliphatic heterocycles. The number of imidazole rings is 1. The molecule has 3 rings (SSSR count). The van der Waals surface area contributed by atoms with Crippen molar-refractivity contribution in [3.8, 4) is 0 Å². The Morgan fingerprint density at radius 3 is 2.89 bits per heavy atom. The second kappa shape index (κ2) is 5.67. The van der Waals surface area contributed by atoms with Crippen molar-refractivity contribution in [2.75, 3.05) is 5.75 Å². The Balaban J connectivity index is 2.01. The van der Waals surface area contributed by atoms with E-state index >= 15 is 0 Å². The van der Waals surface area contributed by atoms with E-state index in [2.05, 4.69) is 26.4 Å². The molecular formula is C13H17ClN4S. The average molecular weight is 297 g/mol. The zero-order chi connectivity index (χ0) is 13.2. The van der Waals surface area contributed by atoms with Crippen molar-refractivity contribution in [2.45, 2.75) is 50.2 Å². The summed E-state index contributed by atoms with van der Waals surface area (Å²) < 4.78 is 2.19.